The Hall–Kier alpha value is -2.37. The van der Waals surface area contributed by atoms with Crippen LogP contribution in [0.4, 0.5) is 0 Å². The number of hydrogen-bond acceptors (Lipinski definition) is 4. The third-order valence-corrected chi connectivity index (χ3v) is 3.27. The fraction of sp³-hybridized carbons (Fsp3) is 0.357. The van der Waals surface area contributed by atoms with Gasteiger partial charge in [-0.05, 0) is 31.5 Å². The molecule has 6 nitrogen and oxygen atoms in total. The van der Waals surface area contributed by atoms with Crippen molar-refractivity contribution in [3.8, 4) is 0 Å². The van der Waals surface area contributed by atoms with Gasteiger partial charge in [0.2, 0.25) is 5.91 Å². The lowest BCUT2D eigenvalue weighted by Crippen LogP contribution is -2.38. The Bertz CT molecular complexity index is 677. The van der Waals surface area contributed by atoms with Gasteiger partial charge in [0.05, 0.1) is 11.8 Å². The van der Waals surface area contributed by atoms with E-state index in [9.17, 15) is 9.59 Å². The first-order valence-corrected chi connectivity index (χ1v) is 6.18. The van der Waals surface area contributed by atoms with E-state index >= 15 is 0 Å². The van der Waals surface area contributed by atoms with Crippen LogP contribution in [-0.4, -0.2) is 22.0 Å². The van der Waals surface area contributed by atoms with Gasteiger partial charge in [0.15, 0.2) is 11.5 Å². The van der Waals surface area contributed by atoms with E-state index in [1.165, 1.54) is 6.92 Å². The van der Waals surface area contributed by atoms with Crippen molar-refractivity contribution in [1.82, 2.24) is 4.98 Å². The summed E-state index contributed by atoms with van der Waals surface area (Å²) in [6.45, 7) is 3.44. The molecule has 1 amide bonds. The van der Waals surface area contributed by atoms with Crippen molar-refractivity contribution >= 4 is 23.0 Å². The van der Waals surface area contributed by atoms with E-state index < -0.39 is 17.3 Å². The lowest BCUT2D eigenvalue weighted by atomic mass is 9.82. The molecule has 1 aromatic carbocycles. The number of aromatic nitrogens is 1. The summed E-state index contributed by atoms with van der Waals surface area (Å²) < 4.78 is 5.54. The van der Waals surface area contributed by atoms with E-state index in [1.807, 2.05) is 19.1 Å². The summed E-state index contributed by atoms with van der Waals surface area (Å²) in [5.74, 6) is -1.45. The fourth-order valence-electron chi connectivity index (χ4n) is 2.07. The highest BCUT2D eigenvalue weighted by Crippen LogP contribution is 2.28. The van der Waals surface area contributed by atoms with Crippen molar-refractivity contribution in [2.45, 2.75) is 26.7 Å². The smallest absolute Gasteiger partial charge is 0.304 e. The lowest BCUT2D eigenvalue weighted by molar-refractivity contribution is -0.143. The molecule has 0 aliphatic carbocycles. The first kappa shape index (κ1) is 14.0. The molecule has 0 aliphatic rings. The second kappa shape index (κ2) is 4.96. The molecule has 1 heterocycles. The minimum Gasteiger partial charge on any atom is -0.481 e. The molecule has 0 bridgehead atoms. The molecule has 0 saturated heterocycles. The van der Waals surface area contributed by atoms with Crippen LogP contribution in [0.5, 0.6) is 0 Å². The van der Waals surface area contributed by atoms with Crippen LogP contribution < -0.4 is 5.73 Å². The molecular formula is C14H16N2O4. The van der Waals surface area contributed by atoms with Crippen molar-refractivity contribution in [3.05, 3.63) is 29.7 Å². The predicted molar refractivity (Wildman–Crippen MR) is 72.0 cm³/mol. The molecule has 6 heteroatoms. The van der Waals surface area contributed by atoms with E-state index in [1.54, 1.807) is 6.07 Å². The normalized spacial score (nSPS) is 14.1. The van der Waals surface area contributed by atoms with Gasteiger partial charge in [-0.1, -0.05) is 6.07 Å². The predicted octanol–water partition coefficient (Wildman–Crippen LogP) is 1.65. The standard InChI is InChI=1S/C14H16N2O4/c1-8-3-4-10-9(5-8)16-11(20-10)6-14(2,13(15)19)7-12(17)18/h3-5H,6-7H2,1-2H3,(H2,15,19)(H,17,18). The summed E-state index contributed by atoms with van der Waals surface area (Å²) >= 11 is 0. The lowest BCUT2D eigenvalue weighted by Gasteiger charge is -2.21. The number of carbonyl (C=O) groups excluding carboxylic acids is 1. The number of carbonyl (C=O) groups is 2. The zero-order chi connectivity index (χ0) is 14.9. The summed E-state index contributed by atoms with van der Waals surface area (Å²) in [5, 5.41) is 8.89. The highest BCUT2D eigenvalue weighted by Gasteiger charge is 2.36. The molecule has 0 aliphatic heterocycles. The number of primary amides is 1. The van der Waals surface area contributed by atoms with Gasteiger partial charge < -0.3 is 15.3 Å². The number of rotatable bonds is 5. The summed E-state index contributed by atoms with van der Waals surface area (Å²) in [4.78, 5) is 26.7. The average molecular weight is 276 g/mol. The van der Waals surface area contributed by atoms with Crippen LogP contribution in [0.25, 0.3) is 11.1 Å². The summed E-state index contributed by atoms with van der Waals surface area (Å²) in [6, 6.07) is 5.54. The zero-order valence-corrected chi connectivity index (χ0v) is 11.3. The number of hydrogen-bond donors (Lipinski definition) is 2. The molecule has 1 atom stereocenters. The molecule has 20 heavy (non-hydrogen) atoms. The number of fused-ring (bicyclic) bond motifs is 1. The van der Waals surface area contributed by atoms with Gasteiger partial charge >= 0.3 is 5.97 Å². The van der Waals surface area contributed by atoms with Crippen LogP contribution in [0.15, 0.2) is 22.6 Å². The Morgan fingerprint density at radius 3 is 2.75 bits per heavy atom. The maximum Gasteiger partial charge on any atom is 0.304 e. The Kier molecular flexibility index (Phi) is 3.48. The average Bonchev–Trinajstić information content (AvgIpc) is 2.68. The van der Waals surface area contributed by atoms with Crippen LogP contribution in [-0.2, 0) is 16.0 Å². The molecule has 0 fully saturated rings. The second-order valence-corrected chi connectivity index (χ2v) is 5.25. The number of benzene rings is 1. The van der Waals surface area contributed by atoms with Crippen molar-refractivity contribution in [2.75, 3.05) is 0 Å². The van der Waals surface area contributed by atoms with Gasteiger partial charge in [0.25, 0.3) is 0 Å². The number of carboxylic acids is 1. The Balaban J connectivity index is 2.33. The minimum atomic E-state index is -1.22. The topological polar surface area (TPSA) is 106 Å². The van der Waals surface area contributed by atoms with Gasteiger partial charge in [-0.25, -0.2) is 4.98 Å². The monoisotopic (exact) mass is 276 g/mol. The molecule has 1 unspecified atom stereocenters. The third kappa shape index (κ3) is 2.79. The maximum absolute atomic E-state index is 11.5. The molecule has 106 valence electrons. The van der Waals surface area contributed by atoms with Crippen LogP contribution in [0.3, 0.4) is 0 Å². The molecule has 0 spiro atoms. The molecule has 1 aromatic heterocycles. The largest absolute Gasteiger partial charge is 0.481 e. The second-order valence-electron chi connectivity index (χ2n) is 5.25. The van der Waals surface area contributed by atoms with Crippen LogP contribution in [0.1, 0.15) is 24.8 Å². The number of nitrogens with two attached hydrogens (primary N) is 1. The van der Waals surface area contributed by atoms with E-state index in [0.717, 1.165) is 5.56 Å². The number of aliphatic carboxylic acids is 1. The Morgan fingerprint density at radius 2 is 2.15 bits per heavy atom. The van der Waals surface area contributed by atoms with Crippen molar-refractivity contribution in [3.63, 3.8) is 0 Å². The van der Waals surface area contributed by atoms with Crippen molar-refractivity contribution < 1.29 is 19.1 Å². The highest BCUT2D eigenvalue weighted by molar-refractivity contribution is 5.85. The molecule has 0 radical (unpaired) electrons. The van der Waals surface area contributed by atoms with Crippen molar-refractivity contribution in [1.29, 1.82) is 0 Å². The molecule has 2 rings (SSSR count). The Labute approximate surface area is 115 Å². The number of carboxylic acid groups (broad SMARTS) is 1. The van der Waals surface area contributed by atoms with Crippen LogP contribution in [0.2, 0.25) is 0 Å². The first-order valence-electron chi connectivity index (χ1n) is 6.18. The molecule has 2 aromatic rings. The Morgan fingerprint density at radius 1 is 1.45 bits per heavy atom. The van der Waals surface area contributed by atoms with Crippen LogP contribution >= 0.6 is 0 Å². The highest BCUT2D eigenvalue weighted by atomic mass is 16.4. The SMILES string of the molecule is Cc1ccc2oc(CC(C)(CC(=O)O)C(N)=O)nc2c1. The summed E-state index contributed by atoms with van der Waals surface area (Å²) in [7, 11) is 0. The number of amides is 1. The van der Waals surface area contributed by atoms with Gasteiger partial charge in [0, 0.05) is 6.42 Å². The summed E-state index contributed by atoms with van der Waals surface area (Å²) in [6.07, 6.45) is -0.303. The third-order valence-electron chi connectivity index (χ3n) is 3.27. The van der Waals surface area contributed by atoms with Gasteiger partial charge in [-0.15, -0.1) is 0 Å². The quantitative estimate of drug-likeness (QED) is 0.863. The molecular weight excluding hydrogens is 260 g/mol. The van der Waals surface area contributed by atoms with E-state index in [-0.39, 0.29) is 12.8 Å². The maximum atomic E-state index is 11.5. The molecule has 0 saturated carbocycles. The van der Waals surface area contributed by atoms with E-state index in [2.05, 4.69) is 4.98 Å². The fourth-order valence-corrected chi connectivity index (χ4v) is 2.07. The van der Waals surface area contributed by atoms with E-state index in [4.69, 9.17) is 15.3 Å². The number of nitrogens with zero attached hydrogens (tertiary/aromatic N) is 1. The molecule has 3 N–H and O–H groups in total. The van der Waals surface area contributed by atoms with Gasteiger partial charge in [0.1, 0.15) is 5.52 Å². The minimum absolute atomic E-state index is 0.0579. The van der Waals surface area contributed by atoms with Gasteiger partial charge in [-0.2, -0.15) is 0 Å². The van der Waals surface area contributed by atoms with Crippen LogP contribution in [0, 0.1) is 12.3 Å². The number of aryl methyl sites for hydroxylation is 1. The number of oxazole rings is 1. The van der Waals surface area contributed by atoms with E-state index in [0.29, 0.717) is 17.0 Å². The zero-order valence-electron chi connectivity index (χ0n) is 11.3. The van der Waals surface area contributed by atoms with Crippen molar-refractivity contribution in [2.24, 2.45) is 11.1 Å². The summed E-state index contributed by atoms with van der Waals surface area (Å²) in [5.41, 5.74) is 6.42. The first-order chi connectivity index (χ1) is 9.30. The van der Waals surface area contributed by atoms with Gasteiger partial charge in [-0.3, -0.25) is 9.59 Å².